The molecule has 0 aliphatic carbocycles. The summed E-state index contributed by atoms with van der Waals surface area (Å²) in [5.74, 6) is 0.163. The maximum atomic E-state index is 11.7. The molecule has 2 heterocycles. The molecule has 0 unspecified atom stereocenters. The van der Waals surface area contributed by atoms with Crippen LogP contribution in [0, 0.1) is 0 Å². The molecule has 13 heavy (non-hydrogen) atoms. The summed E-state index contributed by atoms with van der Waals surface area (Å²) in [6, 6.07) is 0. The molecular formula is C10H13NOS. The quantitative estimate of drug-likeness (QED) is 0.621. The SMILES string of the molecule is CN1CC(C)(C)c2cscc2C1=O. The highest BCUT2D eigenvalue weighted by atomic mass is 32.1. The normalized spacial score (nSPS) is 20.2. The monoisotopic (exact) mass is 195 g/mol. The molecule has 0 bridgehead atoms. The third-order valence-corrected chi connectivity index (χ3v) is 3.34. The molecule has 1 aromatic heterocycles. The number of rotatable bonds is 0. The third kappa shape index (κ3) is 1.18. The Morgan fingerprint density at radius 2 is 2.15 bits per heavy atom. The van der Waals surface area contributed by atoms with Gasteiger partial charge in [-0.25, -0.2) is 0 Å². The zero-order valence-corrected chi connectivity index (χ0v) is 8.94. The summed E-state index contributed by atoms with van der Waals surface area (Å²) in [5, 5.41) is 4.05. The van der Waals surface area contributed by atoms with Crippen LogP contribution in [0.2, 0.25) is 0 Å². The van der Waals surface area contributed by atoms with Crippen molar-refractivity contribution in [3.63, 3.8) is 0 Å². The van der Waals surface area contributed by atoms with Crippen LogP contribution < -0.4 is 0 Å². The van der Waals surface area contributed by atoms with Gasteiger partial charge in [0, 0.05) is 24.4 Å². The second-order valence-electron chi connectivity index (χ2n) is 4.24. The van der Waals surface area contributed by atoms with E-state index in [1.54, 1.807) is 16.2 Å². The van der Waals surface area contributed by atoms with Crippen molar-refractivity contribution < 1.29 is 4.79 Å². The molecule has 0 aromatic carbocycles. The van der Waals surface area contributed by atoms with Gasteiger partial charge in [-0.1, -0.05) is 13.8 Å². The van der Waals surface area contributed by atoms with Gasteiger partial charge >= 0.3 is 0 Å². The average molecular weight is 195 g/mol. The molecule has 1 amide bonds. The van der Waals surface area contributed by atoms with Gasteiger partial charge in [0.15, 0.2) is 0 Å². The molecule has 0 radical (unpaired) electrons. The molecule has 2 nitrogen and oxygen atoms in total. The summed E-state index contributed by atoms with van der Waals surface area (Å²) in [5.41, 5.74) is 2.21. The Bertz CT molecular complexity index is 354. The topological polar surface area (TPSA) is 20.3 Å². The second kappa shape index (κ2) is 2.58. The predicted octanol–water partition coefficient (Wildman–Crippen LogP) is 2.11. The molecule has 0 spiro atoms. The van der Waals surface area contributed by atoms with E-state index in [2.05, 4.69) is 19.2 Å². The van der Waals surface area contributed by atoms with E-state index in [4.69, 9.17) is 0 Å². The minimum atomic E-state index is 0.109. The van der Waals surface area contributed by atoms with Crippen LogP contribution in [0.5, 0.6) is 0 Å². The van der Waals surface area contributed by atoms with Crippen molar-refractivity contribution in [1.82, 2.24) is 4.90 Å². The van der Waals surface area contributed by atoms with Crippen molar-refractivity contribution >= 4 is 17.2 Å². The predicted molar refractivity (Wildman–Crippen MR) is 54.3 cm³/mol. The van der Waals surface area contributed by atoms with Gasteiger partial charge < -0.3 is 4.90 Å². The van der Waals surface area contributed by atoms with Gasteiger partial charge in [-0.15, -0.1) is 0 Å². The molecule has 0 fully saturated rings. The number of hydrogen-bond donors (Lipinski definition) is 0. The first kappa shape index (κ1) is 8.75. The number of amides is 1. The molecule has 2 rings (SSSR count). The van der Waals surface area contributed by atoms with E-state index in [1.165, 1.54) is 5.56 Å². The summed E-state index contributed by atoms with van der Waals surface area (Å²) in [4.78, 5) is 13.5. The number of nitrogens with zero attached hydrogens (tertiary/aromatic N) is 1. The fraction of sp³-hybridized carbons (Fsp3) is 0.500. The minimum Gasteiger partial charge on any atom is -0.341 e. The maximum Gasteiger partial charge on any atom is 0.254 e. The van der Waals surface area contributed by atoms with Crippen molar-refractivity contribution in [3.8, 4) is 0 Å². The summed E-state index contributed by atoms with van der Waals surface area (Å²) in [6.07, 6.45) is 0. The van der Waals surface area contributed by atoms with Crippen LogP contribution in [-0.2, 0) is 5.41 Å². The van der Waals surface area contributed by atoms with Crippen molar-refractivity contribution in [2.45, 2.75) is 19.3 Å². The van der Waals surface area contributed by atoms with E-state index >= 15 is 0 Å². The smallest absolute Gasteiger partial charge is 0.254 e. The van der Waals surface area contributed by atoms with Gasteiger partial charge in [0.25, 0.3) is 5.91 Å². The molecule has 1 aromatic rings. The highest BCUT2D eigenvalue weighted by Gasteiger charge is 2.35. The lowest BCUT2D eigenvalue weighted by Crippen LogP contribution is -2.43. The Morgan fingerprint density at radius 3 is 2.85 bits per heavy atom. The minimum absolute atomic E-state index is 0.109. The van der Waals surface area contributed by atoms with Gasteiger partial charge in [-0.05, 0) is 10.9 Å². The van der Waals surface area contributed by atoms with E-state index in [0.717, 1.165) is 12.1 Å². The molecule has 3 heteroatoms. The molecule has 1 aliphatic rings. The standard InChI is InChI=1S/C10H13NOS/c1-10(2)6-11(3)9(12)7-4-13-5-8(7)10/h4-5H,6H2,1-3H3. The number of fused-ring (bicyclic) bond motifs is 1. The van der Waals surface area contributed by atoms with E-state index in [9.17, 15) is 4.79 Å². The zero-order chi connectivity index (χ0) is 9.64. The summed E-state index contributed by atoms with van der Waals surface area (Å²) < 4.78 is 0. The van der Waals surface area contributed by atoms with Gasteiger partial charge in [-0.3, -0.25) is 4.79 Å². The highest BCUT2D eigenvalue weighted by molar-refractivity contribution is 7.08. The number of thiophene rings is 1. The third-order valence-electron chi connectivity index (χ3n) is 2.60. The lowest BCUT2D eigenvalue weighted by Gasteiger charge is -2.35. The van der Waals surface area contributed by atoms with Crippen LogP contribution in [0.25, 0.3) is 0 Å². The number of likely N-dealkylation sites (N-methyl/N-ethyl adjacent to an activating group) is 1. The summed E-state index contributed by atoms with van der Waals surface area (Å²) in [6.45, 7) is 5.18. The highest BCUT2D eigenvalue weighted by Crippen LogP contribution is 2.34. The first-order chi connectivity index (χ1) is 6.02. The maximum absolute atomic E-state index is 11.7. The number of hydrogen-bond acceptors (Lipinski definition) is 2. The molecular weight excluding hydrogens is 182 g/mol. The molecule has 1 aliphatic heterocycles. The Kier molecular flexibility index (Phi) is 1.74. The van der Waals surface area contributed by atoms with E-state index < -0.39 is 0 Å². The lowest BCUT2D eigenvalue weighted by atomic mass is 9.80. The van der Waals surface area contributed by atoms with Crippen LogP contribution in [0.4, 0.5) is 0 Å². The van der Waals surface area contributed by atoms with Crippen molar-refractivity contribution in [2.75, 3.05) is 13.6 Å². The fourth-order valence-corrected chi connectivity index (χ4v) is 2.96. The molecule has 0 atom stereocenters. The van der Waals surface area contributed by atoms with E-state index in [1.807, 2.05) is 12.4 Å². The van der Waals surface area contributed by atoms with Crippen LogP contribution >= 0.6 is 11.3 Å². The molecule has 70 valence electrons. The molecule has 0 saturated heterocycles. The van der Waals surface area contributed by atoms with Crippen LogP contribution in [0.1, 0.15) is 29.8 Å². The van der Waals surface area contributed by atoms with Gasteiger partial charge in [0.1, 0.15) is 0 Å². The van der Waals surface area contributed by atoms with Crippen molar-refractivity contribution in [3.05, 3.63) is 21.9 Å². The van der Waals surface area contributed by atoms with Gasteiger partial charge in [0.2, 0.25) is 0 Å². The molecule has 0 N–H and O–H groups in total. The van der Waals surface area contributed by atoms with Gasteiger partial charge in [-0.2, -0.15) is 11.3 Å². The number of carbonyl (C=O) groups excluding carboxylic acids is 1. The zero-order valence-electron chi connectivity index (χ0n) is 8.13. The molecule has 0 saturated carbocycles. The first-order valence-electron chi connectivity index (χ1n) is 4.34. The van der Waals surface area contributed by atoms with Crippen LogP contribution in [0.15, 0.2) is 10.8 Å². The fourth-order valence-electron chi connectivity index (χ4n) is 1.94. The Hall–Kier alpha value is -0.830. The van der Waals surface area contributed by atoms with Crippen molar-refractivity contribution in [2.24, 2.45) is 0 Å². The van der Waals surface area contributed by atoms with Crippen LogP contribution in [0.3, 0.4) is 0 Å². The van der Waals surface area contributed by atoms with Gasteiger partial charge in [0.05, 0.1) is 5.56 Å². The summed E-state index contributed by atoms with van der Waals surface area (Å²) in [7, 11) is 1.87. The second-order valence-corrected chi connectivity index (χ2v) is 4.99. The summed E-state index contributed by atoms with van der Waals surface area (Å²) >= 11 is 1.62. The van der Waals surface area contributed by atoms with Crippen molar-refractivity contribution in [1.29, 1.82) is 0 Å². The Labute approximate surface area is 82.2 Å². The van der Waals surface area contributed by atoms with Crippen LogP contribution in [-0.4, -0.2) is 24.4 Å². The average Bonchev–Trinajstić information content (AvgIpc) is 2.48. The largest absolute Gasteiger partial charge is 0.341 e. The van der Waals surface area contributed by atoms with E-state index in [-0.39, 0.29) is 11.3 Å². The Morgan fingerprint density at radius 1 is 1.46 bits per heavy atom. The van der Waals surface area contributed by atoms with E-state index in [0.29, 0.717) is 0 Å². The first-order valence-corrected chi connectivity index (χ1v) is 5.29. The lowest BCUT2D eigenvalue weighted by molar-refractivity contribution is 0.0738. The Balaban J connectivity index is 2.57. The number of carbonyl (C=O) groups is 1.